The van der Waals surface area contributed by atoms with E-state index in [2.05, 4.69) is 23.5 Å². The van der Waals surface area contributed by atoms with Gasteiger partial charge in [-0.2, -0.15) is 0 Å². The molecule has 0 saturated heterocycles. The maximum Gasteiger partial charge on any atom is 0.408 e. The number of nitrogens with one attached hydrogen (secondary N) is 2. The van der Waals surface area contributed by atoms with E-state index >= 15 is 0 Å². The third kappa shape index (κ3) is 8.87. The molecule has 1 aliphatic carbocycles. The number of ether oxygens (including phenoxy) is 1. The van der Waals surface area contributed by atoms with Gasteiger partial charge in [0, 0.05) is 24.6 Å². The molecule has 0 heterocycles. The molecule has 0 spiro atoms. The lowest BCUT2D eigenvalue weighted by Crippen LogP contribution is -2.58. The number of unbranched alkanes of at least 4 members (excludes halogenated alkanes) is 2. The number of amides is 3. The molecule has 3 amide bonds. The van der Waals surface area contributed by atoms with Crippen molar-refractivity contribution in [1.29, 1.82) is 0 Å². The number of benzene rings is 2. The van der Waals surface area contributed by atoms with Crippen molar-refractivity contribution < 1.29 is 19.1 Å². The van der Waals surface area contributed by atoms with Gasteiger partial charge in [0.15, 0.2) is 0 Å². The second kappa shape index (κ2) is 14.6. The van der Waals surface area contributed by atoms with Crippen LogP contribution in [0.4, 0.5) is 4.79 Å². The second-order valence-corrected chi connectivity index (χ2v) is 11.4. The Balaban J connectivity index is 1.99. The predicted octanol–water partition coefficient (Wildman–Crippen LogP) is 5.53. The zero-order chi connectivity index (χ0) is 29.1. The van der Waals surface area contributed by atoms with Gasteiger partial charge in [-0.25, -0.2) is 4.79 Å². The first-order valence-electron chi connectivity index (χ1n) is 14.3. The summed E-state index contributed by atoms with van der Waals surface area (Å²) in [5, 5.41) is 5.88. The zero-order valence-electron chi connectivity index (χ0n) is 24.2. The minimum Gasteiger partial charge on any atom is -0.444 e. The van der Waals surface area contributed by atoms with Crippen LogP contribution in [0.15, 0.2) is 54.6 Å². The Morgan fingerprint density at radius 3 is 2.27 bits per heavy atom. The van der Waals surface area contributed by atoms with E-state index in [1.807, 2.05) is 42.5 Å². The van der Waals surface area contributed by atoms with Gasteiger partial charge < -0.3 is 20.3 Å². The number of terminal acetylenes is 1. The van der Waals surface area contributed by atoms with Gasteiger partial charge in [0.2, 0.25) is 11.8 Å². The summed E-state index contributed by atoms with van der Waals surface area (Å²) in [4.78, 5) is 42.8. The van der Waals surface area contributed by atoms with Gasteiger partial charge >= 0.3 is 6.09 Å². The molecule has 3 rings (SSSR count). The van der Waals surface area contributed by atoms with Crippen LogP contribution in [0, 0.1) is 12.3 Å². The van der Waals surface area contributed by atoms with Crippen molar-refractivity contribution in [3.05, 3.63) is 71.3 Å². The number of carbonyl (C=O) groups excluding carboxylic acids is 3. The molecule has 2 N–H and O–H groups in total. The first kappa shape index (κ1) is 30.7. The highest BCUT2D eigenvalue weighted by atomic mass is 16.6. The van der Waals surface area contributed by atoms with Crippen LogP contribution in [-0.2, 0) is 20.7 Å². The highest BCUT2D eigenvalue weighted by Gasteiger charge is 2.42. The summed E-state index contributed by atoms with van der Waals surface area (Å²) in [5.41, 5.74) is 1.55. The number of hydrogen-bond donors (Lipinski definition) is 2. The van der Waals surface area contributed by atoms with Crippen molar-refractivity contribution in [2.75, 3.05) is 6.54 Å². The molecular formula is C33H43N3O4. The Hall–Kier alpha value is -3.79. The Kier molecular flexibility index (Phi) is 11.2. The summed E-state index contributed by atoms with van der Waals surface area (Å²) in [6, 6.07) is 14.8. The van der Waals surface area contributed by atoms with Crippen molar-refractivity contribution in [2.24, 2.45) is 0 Å². The van der Waals surface area contributed by atoms with Gasteiger partial charge in [-0.05, 0) is 69.7 Å². The quantitative estimate of drug-likeness (QED) is 0.271. The average molecular weight is 546 g/mol. The van der Waals surface area contributed by atoms with Crippen LogP contribution in [-0.4, -0.2) is 47.0 Å². The summed E-state index contributed by atoms with van der Waals surface area (Å²) < 4.78 is 5.51. The maximum absolute atomic E-state index is 14.4. The van der Waals surface area contributed by atoms with Crippen LogP contribution in [0.2, 0.25) is 0 Å². The highest BCUT2D eigenvalue weighted by Crippen LogP contribution is 2.34. The molecule has 0 radical (unpaired) electrons. The first-order chi connectivity index (χ1) is 19.1. The maximum atomic E-state index is 14.4. The summed E-state index contributed by atoms with van der Waals surface area (Å²) in [6.07, 6.45) is 10.6. The van der Waals surface area contributed by atoms with Crippen molar-refractivity contribution in [3.8, 4) is 12.3 Å². The molecule has 0 bridgehead atoms. The van der Waals surface area contributed by atoms with E-state index in [0.717, 1.165) is 44.1 Å². The number of nitrogens with zero attached hydrogens (tertiary/aromatic N) is 1. The topological polar surface area (TPSA) is 87.7 Å². The largest absolute Gasteiger partial charge is 0.444 e. The zero-order valence-corrected chi connectivity index (χ0v) is 24.2. The fourth-order valence-corrected chi connectivity index (χ4v) is 4.75. The first-order valence-corrected chi connectivity index (χ1v) is 14.3. The van der Waals surface area contributed by atoms with Crippen LogP contribution >= 0.6 is 0 Å². The summed E-state index contributed by atoms with van der Waals surface area (Å²) in [5.74, 6) is 2.06. The van der Waals surface area contributed by atoms with Crippen molar-refractivity contribution in [3.63, 3.8) is 0 Å². The van der Waals surface area contributed by atoms with Gasteiger partial charge in [-0.1, -0.05) is 68.2 Å². The van der Waals surface area contributed by atoms with E-state index in [4.69, 9.17) is 11.2 Å². The van der Waals surface area contributed by atoms with Gasteiger partial charge in [-0.3, -0.25) is 9.59 Å². The average Bonchev–Trinajstić information content (AvgIpc) is 2.89. The molecule has 1 aliphatic rings. The molecule has 214 valence electrons. The molecule has 2 aromatic rings. The Morgan fingerprint density at radius 1 is 1.05 bits per heavy atom. The second-order valence-electron chi connectivity index (χ2n) is 11.4. The fourth-order valence-electron chi connectivity index (χ4n) is 4.75. The van der Waals surface area contributed by atoms with Crippen LogP contribution in [0.5, 0.6) is 0 Å². The van der Waals surface area contributed by atoms with Crippen molar-refractivity contribution >= 4 is 17.9 Å². The van der Waals surface area contributed by atoms with E-state index in [1.54, 1.807) is 37.8 Å². The SMILES string of the molecule is C#Cc1ccc(C(C(=O)NCCCCC)N(C(=O)C(Cc2ccccc2)NC(=O)OC(C)(C)C)C2CCC2)cc1. The molecule has 7 heteroatoms. The predicted molar refractivity (Wildman–Crippen MR) is 157 cm³/mol. The molecule has 1 fully saturated rings. The lowest BCUT2D eigenvalue weighted by atomic mass is 9.87. The summed E-state index contributed by atoms with van der Waals surface area (Å²) in [6.45, 7) is 7.97. The van der Waals surface area contributed by atoms with Gasteiger partial charge in [-0.15, -0.1) is 6.42 Å². The van der Waals surface area contributed by atoms with Gasteiger partial charge in [0.05, 0.1) is 0 Å². The van der Waals surface area contributed by atoms with E-state index in [9.17, 15) is 14.4 Å². The summed E-state index contributed by atoms with van der Waals surface area (Å²) in [7, 11) is 0. The molecule has 1 saturated carbocycles. The Bertz CT molecular complexity index is 1160. The van der Waals surface area contributed by atoms with E-state index in [0.29, 0.717) is 17.7 Å². The van der Waals surface area contributed by atoms with Crippen molar-refractivity contribution in [2.45, 2.75) is 96.4 Å². The van der Waals surface area contributed by atoms with Crippen molar-refractivity contribution in [1.82, 2.24) is 15.5 Å². The van der Waals surface area contributed by atoms with E-state index in [1.165, 1.54) is 0 Å². The Morgan fingerprint density at radius 2 is 1.73 bits per heavy atom. The van der Waals surface area contributed by atoms with Crippen LogP contribution < -0.4 is 10.6 Å². The highest BCUT2D eigenvalue weighted by molar-refractivity contribution is 5.92. The molecule has 0 aliphatic heterocycles. The van der Waals surface area contributed by atoms with Gasteiger partial charge in [0.25, 0.3) is 0 Å². The number of hydrogen-bond acceptors (Lipinski definition) is 4. The molecule has 2 atom stereocenters. The molecule has 7 nitrogen and oxygen atoms in total. The summed E-state index contributed by atoms with van der Waals surface area (Å²) >= 11 is 0. The molecule has 2 aromatic carbocycles. The van der Waals surface area contributed by atoms with Gasteiger partial charge in [0.1, 0.15) is 17.7 Å². The smallest absolute Gasteiger partial charge is 0.408 e. The molecule has 2 unspecified atom stereocenters. The van der Waals surface area contributed by atoms with E-state index in [-0.39, 0.29) is 24.3 Å². The number of alkyl carbamates (subject to hydrolysis) is 1. The van der Waals surface area contributed by atoms with Crippen LogP contribution in [0.3, 0.4) is 0 Å². The number of carbonyl (C=O) groups is 3. The standard InChI is InChI=1S/C33H43N3O4/c1-6-8-12-22-34-30(37)29(26-20-18-24(7-2)19-21-26)36(27-16-13-17-27)31(38)28(23-25-14-10-9-11-15-25)35-32(39)40-33(3,4)5/h2,9-11,14-15,18-21,27-29H,6,8,12-13,16-17,22-23H2,1,3-5H3,(H,34,37)(H,35,39). The number of rotatable bonds is 12. The molecule has 0 aromatic heterocycles. The minimum absolute atomic E-state index is 0.120. The monoisotopic (exact) mass is 545 g/mol. The lowest BCUT2D eigenvalue weighted by molar-refractivity contribution is -0.147. The molecule has 40 heavy (non-hydrogen) atoms. The Labute approximate surface area is 239 Å². The van der Waals surface area contributed by atoms with Crippen LogP contribution in [0.25, 0.3) is 0 Å². The lowest BCUT2D eigenvalue weighted by Gasteiger charge is -2.43. The third-order valence-corrected chi connectivity index (χ3v) is 6.99. The molecular weight excluding hydrogens is 502 g/mol. The van der Waals surface area contributed by atoms with Crippen LogP contribution in [0.1, 0.15) is 89.0 Å². The third-order valence-electron chi connectivity index (χ3n) is 6.99. The normalized spacial score (nSPS) is 14.7. The minimum atomic E-state index is -0.918. The van der Waals surface area contributed by atoms with E-state index < -0.39 is 23.8 Å². The fraction of sp³-hybridized carbons (Fsp3) is 0.485.